The standard InChI is InChI=1S/C23H22F3N3O3S/c1-22(2)20(31)28(17-6-5-15(14-27)19(13-17)23(24,25)26)21(33)29(22)16-7-9-18(10-8-16)32-12-4-3-11-30/h5-10,13,30H,3-4,11-12H2,1-2H3. The molecule has 0 aliphatic carbocycles. The molecule has 6 nitrogen and oxygen atoms in total. The summed E-state index contributed by atoms with van der Waals surface area (Å²) < 4.78 is 45.9. The van der Waals surface area contributed by atoms with Crippen LogP contribution in [0.25, 0.3) is 0 Å². The Labute approximate surface area is 194 Å². The highest BCUT2D eigenvalue weighted by atomic mass is 32.1. The van der Waals surface area contributed by atoms with Crippen LogP contribution in [-0.4, -0.2) is 34.9 Å². The van der Waals surface area contributed by atoms with Gasteiger partial charge in [-0.2, -0.15) is 18.4 Å². The Morgan fingerprint density at radius 3 is 2.33 bits per heavy atom. The van der Waals surface area contributed by atoms with Crippen LogP contribution in [0.2, 0.25) is 0 Å². The number of halogens is 3. The van der Waals surface area contributed by atoms with Gasteiger partial charge in [-0.05, 0) is 81.4 Å². The summed E-state index contributed by atoms with van der Waals surface area (Å²) in [7, 11) is 0. The second-order valence-electron chi connectivity index (χ2n) is 7.93. The van der Waals surface area contributed by atoms with Gasteiger partial charge in [0.15, 0.2) is 5.11 Å². The molecule has 1 saturated heterocycles. The van der Waals surface area contributed by atoms with E-state index in [4.69, 9.17) is 27.3 Å². The molecule has 1 N–H and O–H groups in total. The van der Waals surface area contributed by atoms with Gasteiger partial charge in [0, 0.05) is 12.3 Å². The van der Waals surface area contributed by atoms with Crippen molar-refractivity contribution in [2.75, 3.05) is 23.0 Å². The zero-order valence-electron chi connectivity index (χ0n) is 18.0. The summed E-state index contributed by atoms with van der Waals surface area (Å²) in [4.78, 5) is 15.8. The first-order valence-corrected chi connectivity index (χ1v) is 10.6. The molecule has 0 bridgehead atoms. The van der Waals surface area contributed by atoms with Crippen LogP contribution in [0.15, 0.2) is 42.5 Å². The van der Waals surface area contributed by atoms with Gasteiger partial charge in [0.2, 0.25) is 0 Å². The summed E-state index contributed by atoms with van der Waals surface area (Å²) in [5.74, 6) is 0.111. The number of carbonyl (C=O) groups excluding carboxylic acids is 1. The second kappa shape index (κ2) is 9.37. The molecule has 0 spiro atoms. The summed E-state index contributed by atoms with van der Waals surface area (Å²) in [6.45, 7) is 3.81. The lowest BCUT2D eigenvalue weighted by molar-refractivity contribution is -0.137. The zero-order chi connectivity index (χ0) is 24.4. The fourth-order valence-electron chi connectivity index (χ4n) is 3.55. The first-order chi connectivity index (χ1) is 15.5. The molecule has 33 heavy (non-hydrogen) atoms. The van der Waals surface area contributed by atoms with E-state index in [9.17, 15) is 18.0 Å². The number of carbonyl (C=O) groups is 1. The van der Waals surface area contributed by atoms with Crippen LogP contribution in [0.4, 0.5) is 24.5 Å². The van der Waals surface area contributed by atoms with Crippen LogP contribution in [-0.2, 0) is 11.0 Å². The number of rotatable bonds is 7. The molecular formula is C23H22F3N3O3S. The zero-order valence-corrected chi connectivity index (χ0v) is 18.8. The van der Waals surface area contributed by atoms with Crippen LogP contribution >= 0.6 is 12.2 Å². The lowest BCUT2D eigenvalue weighted by atomic mass is 10.0. The van der Waals surface area contributed by atoms with Crippen LogP contribution in [0.3, 0.4) is 0 Å². The predicted octanol–water partition coefficient (Wildman–Crippen LogP) is 4.65. The highest BCUT2D eigenvalue weighted by Crippen LogP contribution is 2.39. The number of hydrogen-bond donors (Lipinski definition) is 1. The Morgan fingerprint density at radius 2 is 1.76 bits per heavy atom. The van der Waals surface area contributed by atoms with Crippen molar-refractivity contribution in [1.82, 2.24) is 0 Å². The van der Waals surface area contributed by atoms with Gasteiger partial charge in [-0.15, -0.1) is 0 Å². The van der Waals surface area contributed by atoms with Crippen molar-refractivity contribution in [3.05, 3.63) is 53.6 Å². The van der Waals surface area contributed by atoms with E-state index in [0.29, 0.717) is 30.9 Å². The van der Waals surface area contributed by atoms with E-state index in [1.165, 1.54) is 12.1 Å². The maximum Gasteiger partial charge on any atom is 0.417 e. The second-order valence-corrected chi connectivity index (χ2v) is 8.30. The van der Waals surface area contributed by atoms with E-state index in [2.05, 4.69) is 0 Å². The third-order valence-corrected chi connectivity index (χ3v) is 5.64. The predicted molar refractivity (Wildman–Crippen MR) is 121 cm³/mol. The summed E-state index contributed by atoms with van der Waals surface area (Å²) in [6.07, 6.45) is -3.42. The third kappa shape index (κ3) is 4.79. The molecule has 0 aromatic heterocycles. The van der Waals surface area contributed by atoms with Crippen molar-refractivity contribution in [2.24, 2.45) is 0 Å². The Hall–Kier alpha value is -3.16. The van der Waals surface area contributed by atoms with E-state index in [1.807, 2.05) is 0 Å². The highest BCUT2D eigenvalue weighted by Gasteiger charge is 2.50. The van der Waals surface area contributed by atoms with Gasteiger partial charge in [-0.1, -0.05) is 0 Å². The number of aliphatic hydroxyl groups excluding tert-OH is 1. The third-order valence-electron chi connectivity index (χ3n) is 5.27. The van der Waals surface area contributed by atoms with Crippen LogP contribution in [0, 0.1) is 11.3 Å². The molecule has 1 aliphatic heterocycles. The van der Waals surface area contributed by atoms with Crippen LogP contribution in [0.5, 0.6) is 5.75 Å². The molecule has 0 saturated carbocycles. The monoisotopic (exact) mass is 477 g/mol. The van der Waals surface area contributed by atoms with Gasteiger partial charge in [-0.3, -0.25) is 9.69 Å². The topological polar surface area (TPSA) is 76.8 Å². The molecule has 1 heterocycles. The van der Waals surface area contributed by atoms with Gasteiger partial charge in [0.1, 0.15) is 11.3 Å². The number of aliphatic hydroxyl groups is 1. The minimum Gasteiger partial charge on any atom is -0.494 e. The van der Waals surface area contributed by atoms with Gasteiger partial charge in [0.25, 0.3) is 5.91 Å². The Bertz CT molecular complexity index is 1090. The SMILES string of the molecule is CC1(C)C(=O)N(c2ccc(C#N)c(C(F)(F)F)c2)C(=S)N1c1ccc(OCCCCO)cc1. The van der Waals surface area contributed by atoms with E-state index in [1.54, 1.807) is 43.0 Å². The molecule has 1 fully saturated rings. The molecule has 0 unspecified atom stereocenters. The van der Waals surface area contributed by atoms with E-state index < -0.39 is 28.7 Å². The number of thiocarbonyl (C=S) groups is 1. The molecule has 1 aliphatic rings. The number of anilines is 2. The van der Waals surface area contributed by atoms with E-state index in [-0.39, 0.29) is 17.4 Å². The summed E-state index contributed by atoms with van der Waals surface area (Å²) in [5, 5.41) is 17.9. The average molecular weight is 478 g/mol. The van der Waals surface area contributed by atoms with Crippen molar-refractivity contribution >= 4 is 34.6 Å². The first kappa shape index (κ1) is 24.5. The van der Waals surface area contributed by atoms with Crippen LogP contribution in [0.1, 0.15) is 37.8 Å². The Morgan fingerprint density at radius 1 is 1.12 bits per heavy atom. The maximum absolute atomic E-state index is 13.4. The van der Waals surface area contributed by atoms with Crippen molar-refractivity contribution in [3.8, 4) is 11.8 Å². The highest BCUT2D eigenvalue weighted by molar-refractivity contribution is 7.81. The van der Waals surface area contributed by atoms with E-state index >= 15 is 0 Å². The Kier molecular flexibility index (Phi) is 6.95. The van der Waals surface area contributed by atoms with Gasteiger partial charge in [0.05, 0.1) is 29.5 Å². The molecule has 10 heteroatoms. The number of hydrogen-bond acceptors (Lipinski definition) is 5. The number of alkyl halides is 3. The number of benzene rings is 2. The van der Waals surface area contributed by atoms with Gasteiger partial charge < -0.3 is 14.7 Å². The molecule has 3 rings (SSSR count). The molecule has 1 amide bonds. The Balaban J connectivity index is 1.91. The molecular weight excluding hydrogens is 455 g/mol. The van der Waals surface area contributed by atoms with Crippen LogP contribution < -0.4 is 14.5 Å². The van der Waals surface area contributed by atoms with Crippen molar-refractivity contribution in [3.63, 3.8) is 0 Å². The average Bonchev–Trinajstić information content (AvgIpc) is 2.94. The van der Waals surface area contributed by atoms with Crippen molar-refractivity contribution in [1.29, 1.82) is 5.26 Å². The summed E-state index contributed by atoms with van der Waals surface area (Å²) >= 11 is 5.51. The lowest BCUT2D eigenvalue weighted by Crippen LogP contribution is -2.44. The fraction of sp³-hybridized carbons (Fsp3) is 0.348. The molecule has 2 aromatic carbocycles. The quantitative estimate of drug-likeness (QED) is 0.462. The normalized spacial score (nSPS) is 15.7. The lowest BCUT2D eigenvalue weighted by Gasteiger charge is -2.29. The number of nitriles is 1. The summed E-state index contributed by atoms with van der Waals surface area (Å²) in [5.41, 5.74) is -2.30. The number of amides is 1. The smallest absolute Gasteiger partial charge is 0.417 e. The van der Waals surface area contributed by atoms with E-state index in [0.717, 1.165) is 17.0 Å². The minimum atomic E-state index is -4.76. The largest absolute Gasteiger partial charge is 0.494 e. The minimum absolute atomic E-state index is 0.0273. The number of ether oxygens (including phenoxy) is 1. The number of unbranched alkanes of at least 4 members (excludes halogenated alkanes) is 1. The first-order valence-electron chi connectivity index (χ1n) is 10.2. The fourth-order valence-corrected chi connectivity index (χ4v) is 4.08. The maximum atomic E-state index is 13.4. The molecule has 0 radical (unpaired) electrons. The molecule has 174 valence electrons. The summed E-state index contributed by atoms with van der Waals surface area (Å²) in [6, 6.07) is 11.5. The van der Waals surface area contributed by atoms with Gasteiger partial charge in [-0.25, -0.2) is 0 Å². The van der Waals surface area contributed by atoms with Crippen molar-refractivity contribution < 1.29 is 27.8 Å². The van der Waals surface area contributed by atoms with Crippen molar-refractivity contribution in [2.45, 2.75) is 38.4 Å². The number of nitrogens with zero attached hydrogens (tertiary/aromatic N) is 3. The molecule has 2 aromatic rings. The molecule has 0 atom stereocenters. The van der Waals surface area contributed by atoms with Gasteiger partial charge >= 0.3 is 6.18 Å².